The van der Waals surface area contributed by atoms with E-state index >= 15 is 4.39 Å². The molecule has 0 fully saturated rings. The Kier molecular flexibility index (Phi) is 17.4. The van der Waals surface area contributed by atoms with Crippen LogP contribution in [0.25, 0.3) is 10.8 Å². The van der Waals surface area contributed by atoms with E-state index < -0.39 is 40.3 Å². The number of carbonyl (C=O) groups excluding carboxylic acids is 4. The van der Waals surface area contributed by atoms with E-state index in [-0.39, 0.29) is 70.0 Å². The largest absolute Gasteiger partial charge is 0.508 e. The van der Waals surface area contributed by atoms with E-state index in [0.717, 1.165) is 22.8 Å². The van der Waals surface area contributed by atoms with Crippen LogP contribution in [0, 0.1) is 16.2 Å². The van der Waals surface area contributed by atoms with Crippen LogP contribution in [0.2, 0.25) is 0 Å². The van der Waals surface area contributed by atoms with Crippen LogP contribution in [0.3, 0.4) is 0 Å². The standard InChI is InChI=1S/C38H61FN6O7/c1-36(2,32(39)34(50)43-16-9-7-8-15-42-31(49)21-40)24-45-33(38(5,6)37(3,4)14-13-30(41)48)35(51)44-17-18-52-23-26-12-10-11-25-19-27(22-46)29(47)20-28(25)26/h10-12,19-20,32-33,45-47H,7-9,13-18,21-24,40H2,1-6H3,(H2,41,48)(H,42,49)(H,43,50)(H,44,51). The van der Waals surface area contributed by atoms with Gasteiger partial charge < -0.3 is 47.7 Å². The summed E-state index contributed by atoms with van der Waals surface area (Å²) in [6, 6.07) is 8.11. The van der Waals surface area contributed by atoms with Gasteiger partial charge in [-0.15, -0.1) is 0 Å². The van der Waals surface area contributed by atoms with Gasteiger partial charge in [-0.25, -0.2) is 4.39 Å². The number of ether oxygens (including phenoxy) is 1. The first-order valence-corrected chi connectivity index (χ1v) is 18.0. The van der Waals surface area contributed by atoms with E-state index in [1.165, 1.54) is 0 Å². The molecule has 4 amide bonds. The molecule has 2 rings (SSSR count). The normalized spacial score (nSPS) is 13.4. The lowest BCUT2D eigenvalue weighted by molar-refractivity contribution is -0.131. The van der Waals surface area contributed by atoms with E-state index in [2.05, 4.69) is 21.3 Å². The summed E-state index contributed by atoms with van der Waals surface area (Å²) >= 11 is 0. The van der Waals surface area contributed by atoms with E-state index in [4.69, 9.17) is 16.2 Å². The van der Waals surface area contributed by atoms with Gasteiger partial charge >= 0.3 is 0 Å². The number of benzene rings is 2. The summed E-state index contributed by atoms with van der Waals surface area (Å²) in [6.45, 7) is 12.0. The Balaban J connectivity index is 2.05. The van der Waals surface area contributed by atoms with Crippen molar-refractivity contribution in [3.8, 4) is 5.75 Å². The average Bonchev–Trinajstić information content (AvgIpc) is 3.09. The third kappa shape index (κ3) is 13.0. The SMILES string of the molecule is CC(C)(CNC(C(=O)NCCOCc1cccc2cc(CO)c(O)cc12)C(C)(C)C(C)(C)CCC(N)=O)C(F)C(=O)NCCCCCNC(=O)CN. The smallest absolute Gasteiger partial charge is 0.255 e. The van der Waals surface area contributed by atoms with Crippen LogP contribution in [0.4, 0.5) is 4.39 Å². The highest BCUT2D eigenvalue weighted by molar-refractivity contribution is 5.88. The molecule has 10 N–H and O–H groups in total. The molecule has 0 saturated heterocycles. The van der Waals surface area contributed by atoms with Crippen molar-refractivity contribution in [1.29, 1.82) is 0 Å². The molecule has 2 aromatic rings. The Morgan fingerprint density at radius 3 is 2.19 bits per heavy atom. The molecule has 0 heterocycles. The van der Waals surface area contributed by atoms with Crippen LogP contribution < -0.4 is 32.7 Å². The summed E-state index contributed by atoms with van der Waals surface area (Å²) < 4.78 is 21.5. The molecule has 0 bridgehead atoms. The van der Waals surface area contributed by atoms with Gasteiger partial charge in [-0.3, -0.25) is 19.2 Å². The van der Waals surface area contributed by atoms with Gasteiger partial charge in [0.05, 0.1) is 32.4 Å². The maximum atomic E-state index is 15.6. The molecule has 292 valence electrons. The van der Waals surface area contributed by atoms with Crippen molar-refractivity contribution in [3.63, 3.8) is 0 Å². The number of unbranched alkanes of at least 4 members (excludes halogenated alkanes) is 2. The predicted molar refractivity (Wildman–Crippen MR) is 200 cm³/mol. The van der Waals surface area contributed by atoms with Crippen LogP contribution in [0.15, 0.2) is 30.3 Å². The number of hydrogen-bond donors (Lipinski definition) is 8. The number of fused-ring (bicyclic) bond motifs is 1. The number of phenols is 1. The summed E-state index contributed by atoms with van der Waals surface area (Å²) in [4.78, 5) is 49.5. The molecule has 0 aliphatic carbocycles. The molecule has 0 radical (unpaired) electrons. The van der Waals surface area contributed by atoms with E-state index in [0.29, 0.717) is 31.4 Å². The molecule has 0 aromatic heterocycles. The topological polar surface area (TPSA) is 218 Å². The first-order valence-electron chi connectivity index (χ1n) is 18.0. The van der Waals surface area contributed by atoms with E-state index in [1.54, 1.807) is 26.0 Å². The van der Waals surface area contributed by atoms with Gasteiger partial charge in [0.15, 0.2) is 6.17 Å². The quantitative estimate of drug-likeness (QED) is 0.0744. The van der Waals surface area contributed by atoms with Crippen LogP contribution in [0.1, 0.15) is 84.8 Å². The molecule has 14 heteroatoms. The number of alkyl halides is 1. The first kappa shape index (κ1) is 44.3. The lowest BCUT2D eigenvalue weighted by atomic mass is 9.61. The zero-order valence-electron chi connectivity index (χ0n) is 31.7. The van der Waals surface area contributed by atoms with Gasteiger partial charge in [0, 0.05) is 43.6 Å². The maximum absolute atomic E-state index is 15.6. The second kappa shape index (κ2) is 20.4. The molecule has 52 heavy (non-hydrogen) atoms. The van der Waals surface area contributed by atoms with Crippen molar-refractivity contribution >= 4 is 34.4 Å². The van der Waals surface area contributed by atoms with Crippen LogP contribution in [-0.2, 0) is 37.1 Å². The summed E-state index contributed by atoms with van der Waals surface area (Å²) in [5, 5.41) is 32.9. The van der Waals surface area contributed by atoms with E-state index in [1.807, 2.05) is 45.9 Å². The highest BCUT2D eigenvalue weighted by Gasteiger charge is 2.47. The number of carbonyl (C=O) groups is 4. The number of aliphatic hydroxyl groups excluding tert-OH is 1. The molecule has 13 nitrogen and oxygen atoms in total. The monoisotopic (exact) mass is 732 g/mol. The minimum Gasteiger partial charge on any atom is -0.508 e. The highest BCUT2D eigenvalue weighted by Crippen LogP contribution is 2.45. The molecule has 0 aliphatic heterocycles. The Morgan fingerprint density at radius 1 is 0.904 bits per heavy atom. The Labute approximate surface area is 307 Å². The third-order valence-electron chi connectivity index (χ3n) is 10.2. The van der Waals surface area contributed by atoms with Crippen molar-refractivity contribution in [2.75, 3.05) is 39.3 Å². The number of hydrogen-bond acceptors (Lipinski definition) is 9. The zero-order valence-corrected chi connectivity index (χ0v) is 31.7. The Hall–Kier alpha value is -3.85. The molecule has 2 aromatic carbocycles. The molecule has 0 saturated carbocycles. The number of aromatic hydroxyl groups is 1. The predicted octanol–water partition coefficient (Wildman–Crippen LogP) is 2.67. The molecule has 0 aliphatic rings. The van der Waals surface area contributed by atoms with E-state index in [9.17, 15) is 29.4 Å². The van der Waals surface area contributed by atoms with Gasteiger partial charge in [-0.2, -0.15) is 0 Å². The fraction of sp³-hybridized carbons (Fsp3) is 0.632. The molecule has 2 unspecified atom stereocenters. The summed E-state index contributed by atoms with van der Waals surface area (Å²) in [5.74, 6) is -1.76. The van der Waals surface area contributed by atoms with Gasteiger partial charge in [0.2, 0.25) is 17.7 Å². The van der Waals surface area contributed by atoms with Crippen molar-refractivity contribution in [2.45, 2.75) is 99.1 Å². The lowest BCUT2D eigenvalue weighted by Crippen LogP contribution is -2.60. The lowest BCUT2D eigenvalue weighted by Gasteiger charge is -2.47. The minimum absolute atomic E-state index is 0.00172. The molecular weight excluding hydrogens is 671 g/mol. The first-order chi connectivity index (χ1) is 24.4. The van der Waals surface area contributed by atoms with Gasteiger partial charge in [0.25, 0.3) is 5.91 Å². The van der Waals surface area contributed by atoms with Crippen LogP contribution in [-0.4, -0.2) is 85.4 Å². The van der Waals surface area contributed by atoms with Crippen molar-refractivity contribution < 1.29 is 38.5 Å². The molecule has 0 spiro atoms. The number of rotatable bonds is 24. The third-order valence-corrected chi connectivity index (χ3v) is 10.2. The van der Waals surface area contributed by atoms with Crippen molar-refractivity contribution in [1.82, 2.24) is 21.3 Å². The summed E-state index contributed by atoms with van der Waals surface area (Å²) in [5.41, 5.74) is 9.48. The molecule has 2 atom stereocenters. The summed E-state index contributed by atoms with van der Waals surface area (Å²) in [6.07, 6.45) is 0.744. The van der Waals surface area contributed by atoms with Crippen LogP contribution >= 0.6 is 0 Å². The maximum Gasteiger partial charge on any atom is 0.255 e. The zero-order chi connectivity index (χ0) is 39.1. The number of primary amides is 1. The molecular formula is C38H61FN6O7. The number of aliphatic hydroxyl groups is 1. The highest BCUT2D eigenvalue weighted by atomic mass is 19.1. The van der Waals surface area contributed by atoms with Crippen molar-refractivity contribution in [3.05, 3.63) is 41.5 Å². The van der Waals surface area contributed by atoms with Crippen LogP contribution in [0.5, 0.6) is 5.75 Å². The van der Waals surface area contributed by atoms with Crippen molar-refractivity contribution in [2.24, 2.45) is 27.7 Å². The second-order valence-electron chi connectivity index (χ2n) is 15.3. The minimum atomic E-state index is -1.86. The fourth-order valence-corrected chi connectivity index (χ4v) is 5.87. The number of halogens is 1. The Morgan fingerprint density at radius 2 is 1.56 bits per heavy atom. The fourth-order valence-electron chi connectivity index (χ4n) is 5.87. The summed E-state index contributed by atoms with van der Waals surface area (Å²) in [7, 11) is 0. The van der Waals surface area contributed by atoms with Gasteiger partial charge in [0.1, 0.15) is 5.75 Å². The Bertz CT molecular complexity index is 1500. The number of amides is 4. The number of nitrogens with one attached hydrogen (secondary N) is 4. The second-order valence-corrected chi connectivity index (χ2v) is 15.3. The van der Waals surface area contributed by atoms with Gasteiger partial charge in [-0.05, 0) is 65.0 Å². The van der Waals surface area contributed by atoms with Gasteiger partial charge in [-0.1, -0.05) is 59.7 Å². The average molecular weight is 733 g/mol. The number of nitrogens with two attached hydrogens (primary N) is 2.